The van der Waals surface area contributed by atoms with Crippen molar-refractivity contribution < 1.29 is 9.59 Å². The number of H-pyrrole nitrogens is 1. The highest BCUT2D eigenvalue weighted by molar-refractivity contribution is 5.98. The van der Waals surface area contributed by atoms with E-state index in [4.69, 9.17) is 4.98 Å². The summed E-state index contributed by atoms with van der Waals surface area (Å²) in [5.74, 6) is 1.46. The van der Waals surface area contributed by atoms with E-state index in [1.807, 2.05) is 42.5 Å². The summed E-state index contributed by atoms with van der Waals surface area (Å²) in [6.07, 6.45) is 11.5. The second kappa shape index (κ2) is 10.6. The van der Waals surface area contributed by atoms with Crippen LogP contribution < -0.4 is 10.6 Å². The molecule has 184 valence electrons. The van der Waals surface area contributed by atoms with Gasteiger partial charge in [-0.05, 0) is 74.8 Å². The second-order valence-corrected chi connectivity index (χ2v) is 10.5. The number of hydrogen-bond acceptors (Lipinski definition) is 3. The molecular weight excluding hydrogens is 436 g/mol. The van der Waals surface area contributed by atoms with Crippen LogP contribution in [0.5, 0.6) is 0 Å². The zero-order valence-corrected chi connectivity index (χ0v) is 20.6. The fourth-order valence-corrected chi connectivity index (χ4v) is 5.43. The molecule has 0 aliphatic heterocycles. The molecule has 6 nitrogen and oxygen atoms in total. The first-order chi connectivity index (χ1) is 17.0. The largest absolute Gasteiger partial charge is 0.349 e. The number of imidazole rings is 1. The van der Waals surface area contributed by atoms with Crippen LogP contribution in [0.25, 0.3) is 22.4 Å². The van der Waals surface area contributed by atoms with Gasteiger partial charge in [0.25, 0.3) is 11.8 Å². The van der Waals surface area contributed by atoms with Crippen molar-refractivity contribution in [2.45, 2.75) is 83.2 Å². The van der Waals surface area contributed by atoms with Crippen LogP contribution in [0.4, 0.5) is 0 Å². The summed E-state index contributed by atoms with van der Waals surface area (Å²) < 4.78 is 0. The normalized spacial score (nSPS) is 21.4. The topological polar surface area (TPSA) is 86.9 Å². The van der Waals surface area contributed by atoms with Crippen LogP contribution in [0.1, 0.15) is 91.8 Å². The minimum absolute atomic E-state index is 0.00923. The number of carbonyl (C=O) groups excluding carboxylic acids is 2. The lowest BCUT2D eigenvalue weighted by atomic mass is 9.87. The molecule has 0 spiro atoms. The SMILES string of the molecule is CC1CCC(NC(=O)c2ccc(-c3nc4cc(C(=O)NC5CCCCCC5)ccc4[nH]3)cc2)CC1. The van der Waals surface area contributed by atoms with Crippen molar-refractivity contribution in [1.29, 1.82) is 0 Å². The van der Waals surface area contributed by atoms with Crippen LogP contribution in [-0.4, -0.2) is 33.9 Å². The molecule has 2 aliphatic rings. The number of fused-ring (bicyclic) bond motifs is 1. The molecule has 1 heterocycles. The van der Waals surface area contributed by atoms with Crippen molar-refractivity contribution in [3.05, 3.63) is 53.6 Å². The average molecular weight is 473 g/mol. The predicted octanol–water partition coefficient (Wildman–Crippen LogP) is 5.99. The van der Waals surface area contributed by atoms with E-state index >= 15 is 0 Å². The summed E-state index contributed by atoms with van der Waals surface area (Å²) in [5, 5.41) is 6.40. The third-order valence-corrected chi connectivity index (χ3v) is 7.71. The first-order valence-electron chi connectivity index (χ1n) is 13.3. The van der Waals surface area contributed by atoms with Gasteiger partial charge in [0.15, 0.2) is 0 Å². The Morgan fingerprint density at radius 2 is 1.37 bits per heavy atom. The molecule has 2 aromatic carbocycles. The Hall–Kier alpha value is -3.15. The molecule has 2 saturated carbocycles. The Morgan fingerprint density at radius 3 is 2.06 bits per heavy atom. The standard InChI is InChI=1S/C29H36N4O2/c1-19-8-15-24(16-9-19)31-28(34)21-12-10-20(11-13-21)27-32-25-17-14-22(18-26(25)33-27)29(35)30-23-6-4-2-3-5-7-23/h10-14,17-19,23-24H,2-9,15-16H2,1H3,(H,30,35)(H,31,34)(H,32,33). The molecule has 0 radical (unpaired) electrons. The van der Waals surface area contributed by atoms with Gasteiger partial charge in [-0.2, -0.15) is 0 Å². The molecule has 5 rings (SSSR count). The minimum atomic E-state index is -0.0221. The van der Waals surface area contributed by atoms with Gasteiger partial charge < -0.3 is 15.6 Å². The molecule has 0 bridgehead atoms. The Kier molecular flexibility index (Phi) is 7.16. The summed E-state index contributed by atoms with van der Waals surface area (Å²) in [6, 6.07) is 13.7. The van der Waals surface area contributed by atoms with Crippen molar-refractivity contribution in [2.24, 2.45) is 5.92 Å². The van der Waals surface area contributed by atoms with Gasteiger partial charge in [-0.3, -0.25) is 9.59 Å². The number of rotatable bonds is 5. The lowest BCUT2D eigenvalue weighted by Gasteiger charge is -2.26. The molecule has 0 saturated heterocycles. The highest BCUT2D eigenvalue weighted by atomic mass is 16.2. The fourth-order valence-electron chi connectivity index (χ4n) is 5.43. The molecule has 35 heavy (non-hydrogen) atoms. The van der Waals surface area contributed by atoms with E-state index in [1.54, 1.807) is 0 Å². The van der Waals surface area contributed by atoms with Crippen LogP contribution in [0.2, 0.25) is 0 Å². The predicted molar refractivity (Wildman–Crippen MR) is 139 cm³/mol. The number of nitrogens with zero attached hydrogens (tertiary/aromatic N) is 1. The number of carbonyl (C=O) groups is 2. The first kappa shape index (κ1) is 23.6. The average Bonchev–Trinajstić information content (AvgIpc) is 3.14. The van der Waals surface area contributed by atoms with Gasteiger partial charge in [0, 0.05) is 28.8 Å². The van der Waals surface area contributed by atoms with Crippen LogP contribution in [0, 0.1) is 5.92 Å². The quantitative estimate of drug-likeness (QED) is 0.399. The number of aromatic amines is 1. The van der Waals surface area contributed by atoms with Crippen LogP contribution in [-0.2, 0) is 0 Å². The smallest absolute Gasteiger partial charge is 0.251 e. The lowest BCUT2D eigenvalue weighted by molar-refractivity contribution is 0.0918. The lowest BCUT2D eigenvalue weighted by Crippen LogP contribution is -2.37. The van der Waals surface area contributed by atoms with Crippen molar-refractivity contribution >= 4 is 22.8 Å². The fraction of sp³-hybridized carbons (Fsp3) is 0.483. The summed E-state index contributed by atoms with van der Waals surface area (Å²) in [6.45, 7) is 2.28. The van der Waals surface area contributed by atoms with Gasteiger partial charge in [0.05, 0.1) is 11.0 Å². The molecule has 2 fully saturated rings. The monoisotopic (exact) mass is 472 g/mol. The molecular formula is C29H36N4O2. The highest BCUT2D eigenvalue weighted by Crippen LogP contribution is 2.25. The van der Waals surface area contributed by atoms with Crippen molar-refractivity contribution in [3.63, 3.8) is 0 Å². The van der Waals surface area contributed by atoms with Crippen LogP contribution in [0.15, 0.2) is 42.5 Å². The molecule has 2 amide bonds. The Morgan fingerprint density at radius 1 is 0.771 bits per heavy atom. The van der Waals surface area contributed by atoms with Gasteiger partial charge in [-0.25, -0.2) is 4.98 Å². The highest BCUT2D eigenvalue weighted by Gasteiger charge is 2.21. The molecule has 2 aliphatic carbocycles. The number of aromatic nitrogens is 2. The maximum atomic E-state index is 12.8. The van der Waals surface area contributed by atoms with E-state index in [2.05, 4.69) is 22.5 Å². The molecule has 0 unspecified atom stereocenters. The summed E-state index contributed by atoms with van der Waals surface area (Å²) in [7, 11) is 0. The third kappa shape index (κ3) is 5.75. The second-order valence-electron chi connectivity index (χ2n) is 10.5. The summed E-state index contributed by atoms with van der Waals surface area (Å²) >= 11 is 0. The third-order valence-electron chi connectivity index (χ3n) is 7.71. The van der Waals surface area contributed by atoms with Gasteiger partial charge >= 0.3 is 0 Å². The zero-order valence-electron chi connectivity index (χ0n) is 20.6. The Balaban J connectivity index is 1.25. The number of amides is 2. The zero-order chi connectivity index (χ0) is 24.2. The Bertz CT molecular complexity index is 1170. The summed E-state index contributed by atoms with van der Waals surface area (Å²) in [4.78, 5) is 33.6. The molecule has 3 aromatic rings. The Labute approximate surface area is 207 Å². The minimum Gasteiger partial charge on any atom is -0.349 e. The van der Waals surface area contributed by atoms with E-state index < -0.39 is 0 Å². The van der Waals surface area contributed by atoms with Crippen molar-refractivity contribution in [2.75, 3.05) is 0 Å². The van der Waals surface area contributed by atoms with Crippen LogP contribution >= 0.6 is 0 Å². The molecule has 0 atom stereocenters. The van der Waals surface area contributed by atoms with E-state index in [0.717, 1.165) is 54.0 Å². The van der Waals surface area contributed by atoms with Gasteiger partial charge in [-0.15, -0.1) is 0 Å². The molecule has 3 N–H and O–H groups in total. The number of hydrogen-bond donors (Lipinski definition) is 3. The maximum Gasteiger partial charge on any atom is 0.251 e. The van der Waals surface area contributed by atoms with Gasteiger partial charge in [0.1, 0.15) is 5.82 Å². The van der Waals surface area contributed by atoms with Gasteiger partial charge in [-0.1, -0.05) is 44.7 Å². The van der Waals surface area contributed by atoms with Crippen molar-refractivity contribution in [3.8, 4) is 11.4 Å². The number of nitrogens with one attached hydrogen (secondary N) is 3. The van der Waals surface area contributed by atoms with E-state index in [1.165, 1.54) is 38.5 Å². The summed E-state index contributed by atoms with van der Waals surface area (Å²) in [5.41, 5.74) is 3.87. The maximum absolute atomic E-state index is 12.8. The first-order valence-corrected chi connectivity index (χ1v) is 13.3. The van der Waals surface area contributed by atoms with E-state index in [-0.39, 0.29) is 23.9 Å². The molecule has 6 heteroatoms. The number of benzene rings is 2. The van der Waals surface area contributed by atoms with Gasteiger partial charge in [0.2, 0.25) is 0 Å². The van der Waals surface area contributed by atoms with E-state index in [0.29, 0.717) is 11.1 Å². The van der Waals surface area contributed by atoms with Crippen LogP contribution in [0.3, 0.4) is 0 Å². The van der Waals surface area contributed by atoms with Crippen molar-refractivity contribution in [1.82, 2.24) is 20.6 Å². The molecule has 1 aromatic heterocycles. The van der Waals surface area contributed by atoms with E-state index in [9.17, 15) is 9.59 Å².